The Balaban J connectivity index is 0.00000196. The molecule has 3 heteroatoms. The summed E-state index contributed by atoms with van der Waals surface area (Å²) < 4.78 is 0. The van der Waals surface area contributed by atoms with Crippen molar-refractivity contribution >= 4 is 6.29 Å². The van der Waals surface area contributed by atoms with Gasteiger partial charge in [-0.05, 0) is 18.1 Å². The summed E-state index contributed by atoms with van der Waals surface area (Å²) in [5, 5.41) is 8.90. The third-order valence-corrected chi connectivity index (χ3v) is 2.31. The van der Waals surface area contributed by atoms with Gasteiger partial charge in [-0.1, -0.05) is 13.8 Å². The molecule has 0 radical (unpaired) electrons. The molecule has 1 aliphatic rings. The first kappa shape index (κ1) is 14.8. The number of rotatable bonds is 3. The third-order valence-electron chi connectivity index (χ3n) is 2.31. The molecule has 0 saturated carbocycles. The van der Waals surface area contributed by atoms with Crippen LogP contribution in [0.1, 0.15) is 13.8 Å². The van der Waals surface area contributed by atoms with Gasteiger partial charge < -0.3 is 9.90 Å². The molecule has 0 aromatic carbocycles. The molecule has 1 N–H and O–H groups in total. The Labute approximate surface area is 115 Å². The van der Waals surface area contributed by atoms with Gasteiger partial charge in [0.1, 0.15) is 0 Å². The van der Waals surface area contributed by atoms with Crippen LogP contribution in [0.5, 0.6) is 0 Å². The molecule has 0 spiro atoms. The summed E-state index contributed by atoms with van der Waals surface area (Å²) in [5.41, 5.74) is 0.909. The molecule has 0 fully saturated rings. The molecule has 0 heterocycles. The van der Waals surface area contributed by atoms with Crippen LogP contribution in [0.3, 0.4) is 0 Å². The van der Waals surface area contributed by atoms with Gasteiger partial charge in [0, 0.05) is 0 Å². The van der Waals surface area contributed by atoms with E-state index >= 15 is 0 Å². The van der Waals surface area contributed by atoms with Crippen molar-refractivity contribution in [1.82, 2.24) is 0 Å². The largest absolute Gasteiger partial charge is 2.00 e. The van der Waals surface area contributed by atoms with Crippen LogP contribution >= 0.6 is 0 Å². The van der Waals surface area contributed by atoms with E-state index in [0.717, 1.165) is 6.61 Å². The minimum absolute atomic E-state index is 0. The quantitative estimate of drug-likeness (QED) is 0.701. The predicted molar refractivity (Wildman–Crippen MR) is 55.6 cm³/mol. The van der Waals surface area contributed by atoms with Crippen molar-refractivity contribution in [3.05, 3.63) is 42.1 Å². The van der Waals surface area contributed by atoms with Crippen molar-refractivity contribution in [2.75, 3.05) is 0 Å². The van der Waals surface area contributed by atoms with Gasteiger partial charge in [0.15, 0.2) is 0 Å². The first-order valence-corrected chi connectivity index (χ1v) is 4.65. The van der Waals surface area contributed by atoms with Crippen molar-refractivity contribution in [3.8, 4) is 0 Å². The van der Waals surface area contributed by atoms with Gasteiger partial charge in [0.25, 0.3) is 0 Å². The standard InChI is InChI=1S/C12H14O2.U/c1-9(2)10-3-5-11(7-13)12(8-14)6-4-10;/h3-7,9-10,13H,1-2H3;/q-2;+2. The van der Waals surface area contributed by atoms with E-state index in [0.29, 0.717) is 23.0 Å². The van der Waals surface area contributed by atoms with Crippen LogP contribution in [-0.2, 0) is 4.79 Å². The molecule has 0 amide bonds. The van der Waals surface area contributed by atoms with Crippen molar-refractivity contribution in [2.45, 2.75) is 13.8 Å². The number of carbonyl (C=O) groups excluding carboxylic acids is 1. The van der Waals surface area contributed by atoms with Crippen molar-refractivity contribution in [3.63, 3.8) is 0 Å². The second-order valence-corrected chi connectivity index (χ2v) is 3.64. The van der Waals surface area contributed by atoms with E-state index in [4.69, 9.17) is 5.11 Å². The maximum Gasteiger partial charge on any atom is 2.00 e. The molecule has 0 aliphatic heterocycles. The molecule has 1 aliphatic carbocycles. The SMILES string of the molecule is CC(C)C1C=CC([C-]=O)=C([CH-]O)C=C1.[U+2]. The number of allylic oxidation sites excluding steroid dienone is 4. The Morgan fingerprint density at radius 1 is 1.40 bits per heavy atom. The number of hydrogen-bond donors (Lipinski definition) is 1. The third kappa shape index (κ3) is 4.03. The Kier molecular flexibility index (Phi) is 7.00. The van der Waals surface area contributed by atoms with Crippen LogP contribution < -0.4 is 0 Å². The van der Waals surface area contributed by atoms with Crippen LogP contribution in [0.4, 0.5) is 0 Å². The van der Waals surface area contributed by atoms with Crippen LogP contribution in [-0.4, -0.2) is 11.4 Å². The van der Waals surface area contributed by atoms with Crippen LogP contribution in [0.2, 0.25) is 0 Å². The minimum Gasteiger partial charge on any atom is -0.441 e. The molecule has 1 rings (SSSR count). The summed E-state index contributed by atoms with van der Waals surface area (Å²) >= 11 is 0. The second kappa shape index (κ2) is 7.11. The maximum absolute atomic E-state index is 10.6. The summed E-state index contributed by atoms with van der Waals surface area (Å²) in [6, 6.07) is 0. The van der Waals surface area contributed by atoms with Crippen molar-refractivity contribution in [2.24, 2.45) is 11.8 Å². The molecule has 2 nitrogen and oxygen atoms in total. The van der Waals surface area contributed by atoms with Crippen LogP contribution in [0.15, 0.2) is 35.5 Å². The Bertz CT molecular complexity index is 301. The fraction of sp³-hybridized carbons (Fsp3) is 0.333. The molecule has 1 atom stereocenters. The Morgan fingerprint density at radius 3 is 2.47 bits per heavy atom. The summed E-state index contributed by atoms with van der Waals surface area (Å²) in [6.07, 6.45) is 9.20. The van der Waals surface area contributed by atoms with E-state index in [2.05, 4.69) is 13.8 Å². The zero-order valence-corrected chi connectivity index (χ0v) is 13.1. The molecule has 0 aromatic heterocycles. The van der Waals surface area contributed by atoms with E-state index in [1.54, 1.807) is 18.4 Å². The molecule has 0 saturated heterocycles. The number of hydrogen-bond acceptors (Lipinski definition) is 2. The fourth-order valence-corrected chi connectivity index (χ4v) is 1.32. The summed E-state index contributed by atoms with van der Waals surface area (Å²) in [7, 11) is 0. The molecular formula is C12H14O2U. The zero-order chi connectivity index (χ0) is 10.6. The second-order valence-electron chi connectivity index (χ2n) is 3.64. The molecule has 0 bridgehead atoms. The van der Waals surface area contributed by atoms with E-state index in [1.807, 2.05) is 12.2 Å². The average Bonchev–Trinajstić information content (AvgIpc) is 2.38. The topological polar surface area (TPSA) is 37.3 Å². The van der Waals surface area contributed by atoms with Crippen molar-refractivity contribution in [1.29, 1.82) is 0 Å². The Hall–Kier alpha value is -0.228. The normalized spacial score (nSPS) is 19.9. The molecule has 15 heavy (non-hydrogen) atoms. The van der Waals surface area contributed by atoms with Crippen LogP contribution in [0.25, 0.3) is 0 Å². The predicted octanol–water partition coefficient (Wildman–Crippen LogP) is 2.33. The monoisotopic (exact) mass is 428 g/mol. The fourth-order valence-electron chi connectivity index (χ4n) is 1.32. The first-order chi connectivity index (χ1) is 6.69. The van der Waals surface area contributed by atoms with Gasteiger partial charge in [-0.15, -0.1) is 18.8 Å². The molecular weight excluding hydrogens is 414 g/mol. The van der Waals surface area contributed by atoms with Gasteiger partial charge >= 0.3 is 31.1 Å². The molecule has 0 aromatic rings. The van der Waals surface area contributed by atoms with Gasteiger partial charge in [0.2, 0.25) is 0 Å². The van der Waals surface area contributed by atoms with Crippen LogP contribution in [0, 0.1) is 49.6 Å². The van der Waals surface area contributed by atoms with Gasteiger partial charge in [0.05, 0.1) is 0 Å². The van der Waals surface area contributed by atoms with E-state index in [9.17, 15) is 4.79 Å². The van der Waals surface area contributed by atoms with E-state index in [-0.39, 0.29) is 31.1 Å². The molecule has 1 unspecified atom stereocenters. The molecule has 78 valence electrons. The zero-order valence-electron chi connectivity index (χ0n) is 8.90. The van der Waals surface area contributed by atoms with E-state index < -0.39 is 0 Å². The number of aliphatic hydroxyl groups is 1. The summed E-state index contributed by atoms with van der Waals surface area (Å²) in [4.78, 5) is 10.6. The maximum atomic E-state index is 10.6. The number of aliphatic hydroxyl groups excluding tert-OH is 1. The Morgan fingerprint density at radius 2 is 2.00 bits per heavy atom. The van der Waals surface area contributed by atoms with Gasteiger partial charge in [-0.3, -0.25) is 11.1 Å². The van der Waals surface area contributed by atoms with E-state index in [1.165, 1.54) is 0 Å². The average molecular weight is 428 g/mol. The summed E-state index contributed by atoms with van der Waals surface area (Å²) in [6.45, 7) is 5.15. The smallest absolute Gasteiger partial charge is 0.441 e. The minimum atomic E-state index is 0. The van der Waals surface area contributed by atoms with Crippen molar-refractivity contribution < 1.29 is 41.0 Å². The first-order valence-electron chi connectivity index (χ1n) is 4.65. The van der Waals surface area contributed by atoms with Gasteiger partial charge in [-0.2, -0.15) is 0 Å². The summed E-state index contributed by atoms with van der Waals surface area (Å²) in [5.74, 6) is 0.782. The van der Waals surface area contributed by atoms with Gasteiger partial charge in [-0.25, -0.2) is 12.2 Å².